The normalized spacial score (nSPS) is 10.8. The molecule has 0 unspecified atom stereocenters. The SMILES string of the molecule is CCCCCCc1ccc(-c2ccccc2-c2ccccc2)c(C)c1. The molecule has 0 N–H and O–H groups in total. The summed E-state index contributed by atoms with van der Waals surface area (Å²) in [5, 5.41) is 0. The van der Waals surface area contributed by atoms with Crippen LogP contribution in [-0.2, 0) is 6.42 Å². The van der Waals surface area contributed by atoms with Crippen LogP contribution in [0, 0.1) is 6.92 Å². The van der Waals surface area contributed by atoms with Gasteiger partial charge in [0.05, 0.1) is 0 Å². The van der Waals surface area contributed by atoms with Crippen LogP contribution >= 0.6 is 0 Å². The summed E-state index contributed by atoms with van der Waals surface area (Å²) in [5.41, 5.74) is 8.09. The Morgan fingerprint density at radius 1 is 0.640 bits per heavy atom. The molecule has 3 rings (SSSR count). The molecule has 3 aromatic carbocycles. The highest BCUT2D eigenvalue weighted by Crippen LogP contribution is 2.34. The van der Waals surface area contributed by atoms with Crippen LogP contribution < -0.4 is 0 Å². The van der Waals surface area contributed by atoms with E-state index in [0.29, 0.717) is 0 Å². The molecule has 0 radical (unpaired) electrons. The lowest BCUT2D eigenvalue weighted by Crippen LogP contribution is -1.91. The molecule has 0 atom stereocenters. The zero-order valence-corrected chi connectivity index (χ0v) is 15.5. The van der Waals surface area contributed by atoms with E-state index < -0.39 is 0 Å². The summed E-state index contributed by atoms with van der Waals surface area (Å²) < 4.78 is 0. The van der Waals surface area contributed by atoms with Crippen molar-refractivity contribution in [3.63, 3.8) is 0 Å². The summed E-state index contributed by atoms with van der Waals surface area (Å²) in [4.78, 5) is 0. The van der Waals surface area contributed by atoms with Gasteiger partial charge in [-0.15, -0.1) is 0 Å². The van der Waals surface area contributed by atoms with Crippen LogP contribution in [0.3, 0.4) is 0 Å². The second-order valence-electron chi connectivity index (χ2n) is 6.87. The fourth-order valence-electron chi connectivity index (χ4n) is 3.53. The molecule has 0 amide bonds. The number of hydrogen-bond acceptors (Lipinski definition) is 0. The highest BCUT2D eigenvalue weighted by Gasteiger charge is 2.09. The molecule has 0 aliphatic heterocycles. The molecule has 128 valence electrons. The molecule has 0 aliphatic rings. The molecule has 0 heteroatoms. The molecule has 0 bridgehead atoms. The van der Waals surface area contributed by atoms with Gasteiger partial charge in [0.1, 0.15) is 0 Å². The quantitative estimate of drug-likeness (QED) is 0.395. The van der Waals surface area contributed by atoms with Gasteiger partial charge < -0.3 is 0 Å². The molecule has 3 aromatic rings. The smallest absolute Gasteiger partial charge is 0.0103 e. The van der Waals surface area contributed by atoms with E-state index in [4.69, 9.17) is 0 Å². The van der Waals surface area contributed by atoms with E-state index in [-0.39, 0.29) is 0 Å². The first kappa shape index (κ1) is 17.5. The van der Waals surface area contributed by atoms with Crippen LogP contribution in [0.4, 0.5) is 0 Å². The minimum absolute atomic E-state index is 1.20. The Labute approximate surface area is 152 Å². The molecule has 0 aliphatic carbocycles. The van der Waals surface area contributed by atoms with E-state index in [0.717, 1.165) is 0 Å². The van der Waals surface area contributed by atoms with Crippen molar-refractivity contribution in [2.75, 3.05) is 0 Å². The van der Waals surface area contributed by atoms with Crippen LogP contribution in [0.25, 0.3) is 22.3 Å². The molecule has 0 heterocycles. The van der Waals surface area contributed by atoms with Gasteiger partial charge in [0.2, 0.25) is 0 Å². The van der Waals surface area contributed by atoms with Crippen molar-refractivity contribution in [3.05, 3.63) is 83.9 Å². The van der Waals surface area contributed by atoms with Crippen LogP contribution in [0.2, 0.25) is 0 Å². The molecule has 0 spiro atoms. The Morgan fingerprint density at radius 3 is 2.08 bits per heavy atom. The molecule has 25 heavy (non-hydrogen) atoms. The Bertz CT molecular complexity index is 799. The highest BCUT2D eigenvalue weighted by molar-refractivity contribution is 5.84. The third-order valence-electron chi connectivity index (χ3n) is 4.91. The van der Waals surface area contributed by atoms with Crippen molar-refractivity contribution >= 4 is 0 Å². The zero-order valence-electron chi connectivity index (χ0n) is 15.5. The van der Waals surface area contributed by atoms with Gasteiger partial charge in [-0.2, -0.15) is 0 Å². The summed E-state index contributed by atoms with van der Waals surface area (Å²) in [6, 6.07) is 26.4. The Balaban J connectivity index is 1.88. The van der Waals surface area contributed by atoms with E-state index in [1.54, 1.807) is 0 Å². The van der Waals surface area contributed by atoms with Crippen molar-refractivity contribution in [3.8, 4) is 22.3 Å². The predicted molar refractivity (Wildman–Crippen MR) is 110 cm³/mol. The fourth-order valence-corrected chi connectivity index (χ4v) is 3.53. The average Bonchev–Trinajstić information content (AvgIpc) is 2.66. The van der Waals surface area contributed by atoms with Crippen molar-refractivity contribution in [1.29, 1.82) is 0 Å². The first-order valence-electron chi connectivity index (χ1n) is 9.54. The molecule has 0 saturated carbocycles. The Morgan fingerprint density at radius 2 is 1.36 bits per heavy atom. The first-order chi connectivity index (χ1) is 12.3. The van der Waals surface area contributed by atoms with Crippen LogP contribution in [0.15, 0.2) is 72.8 Å². The van der Waals surface area contributed by atoms with Crippen LogP contribution in [0.5, 0.6) is 0 Å². The minimum atomic E-state index is 1.20. The van der Waals surface area contributed by atoms with E-state index in [1.807, 2.05) is 0 Å². The number of hydrogen-bond donors (Lipinski definition) is 0. The van der Waals surface area contributed by atoms with Gasteiger partial charge >= 0.3 is 0 Å². The van der Waals surface area contributed by atoms with Crippen LogP contribution in [-0.4, -0.2) is 0 Å². The first-order valence-corrected chi connectivity index (χ1v) is 9.54. The largest absolute Gasteiger partial charge is 0.0654 e. The lowest BCUT2D eigenvalue weighted by atomic mass is 9.91. The minimum Gasteiger partial charge on any atom is -0.0654 e. The van der Waals surface area contributed by atoms with Gasteiger partial charge in [0.15, 0.2) is 0 Å². The van der Waals surface area contributed by atoms with Crippen molar-refractivity contribution in [2.45, 2.75) is 46.0 Å². The van der Waals surface area contributed by atoms with Gasteiger partial charge in [-0.1, -0.05) is 99.0 Å². The van der Waals surface area contributed by atoms with Gasteiger partial charge in [0, 0.05) is 0 Å². The summed E-state index contributed by atoms with van der Waals surface area (Å²) in [6.07, 6.45) is 6.48. The highest BCUT2D eigenvalue weighted by atomic mass is 14.1. The molecular weight excluding hydrogens is 300 g/mol. The van der Waals surface area contributed by atoms with Gasteiger partial charge in [-0.05, 0) is 53.1 Å². The zero-order chi connectivity index (χ0) is 17.5. The van der Waals surface area contributed by atoms with E-state index in [2.05, 4.69) is 86.6 Å². The van der Waals surface area contributed by atoms with E-state index in [9.17, 15) is 0 Å². The van der Waals surface area contributed by atoms with Crippen LogP contribution in [0.1, 0.15) is 43.7 Å². The van der Waals surface area contributed by atoms with Gasteiger partial charge in [0.25, 0.3) is 0 Å². The van der Waals surface area contributed by atoms with Crippen molar-refractivity contribution in [2.24, 2.45) is 0 Å². The van der Waals surface area contributed by atoms with E-state index >= 15 is 0 Å². The van der Waals surface area contributed by atoms with Gasteiger partial charge in [-0.25, -0.2) is 0 Å². The average molecular weight is 328 g/mol. The molecule has 0 aromatic heterocycles. The Hall–Kier alpha value is -2.34. The van der Waals surface area contributed by atoms with Crippen molar-refractivity contribution in [1.82, 2.24) is 0 Å². The van der Waals surface area contributed by atoms with Crippen molar-refractivity contribution < 1.29 is 0 Å². The standard InChI is InChI=1S/C25H28/c1-3-4-5-7-12-21-17-18-23(20(2)19-21)25-16-11-10-15-24(25)22-13-8-6-9-14-22/h6,8-11,13-19H,3-5,7,12H2,1-2H3. The molecule has 0 fully saturated rings. The van der Waals surface area contributed by atoms with Gasteiger partial charge in [-0.3, -0.25) is 0 Å². The third-order valence-corrected chi connectivity index (χ3v) is 4.91. The third kappa shape index (κ3) is 4.39. The second kappa shape index (κ2) is 8.67. The summed E-state index contributed by atoms with van der Waals surface area (Å²) in [7, 11) is 0. The number of rotatable bonds is 7. The number of unbranched alkanes of at least 4 members (excludes halogenated alkanes) is 3. The summed E-state index contributed by atoms with van der Waals surface area (Å²) in [6.45, 7) is 4.51. The maximum absolute atomic E-state index is 2.38. The lowest BCUT2D eigenvalue weighted by Gasteiger charge is -2.14. The molecule has 0 saturated heterocycles. The molecule has 0 nitrogen and oxygen atoms in total. The number of aryl methyl sites for hydroxylation is 2. The summed E-state index contributed by atoms with van der Waals surface area (Å²) >= 11 is 0. The number of benzene rings is 3. The fraction of sp³-hybridized carbons (Fsp3) is 0.280. The molecular formula is C25H28. The van der Waals surface area contributed by atoms with E-state index in [1.165, 1.54) is 65.5 Å². The second-order valence-corrected chi connectivity index (χ2v) is 6.87. The maximum atomic E-state index is 2.38. The lowest BCUT2D eigenvalue weighted by molar-refractivity contribution is 0.667. The summed E-state index contributed by atoms with van der Waals surface area (Å²) in [5.74, 6) is 0. The maximum Gasteiger partial charge on any atom is -0.0103 e. The Kier molecular flexibility index (Phi) is 6.06. The predicted octanol–water partition coefficient (Wildman–Crippen LogP) is 7.45. The monoisotopic (exact) mass is 328 g/mol. The topological polar surface area (TPSA) is 0 Å².